The van der Waals surface area contributed by atoms with Crippen LogP contribution in [0, 0.1) is 0 Å². The van der Waals surface area contributed by atoms with E-state index >= 15 is 0 Å². The Labute approximate surface area is 117 Å². The third-order valence-corrected chi connectivity index (χ3v) is 2.79. The van der Waals surface area contributed by atoms with Gasteiger partial charge in [-0.05, 0) is 30.7 Å². The monoisotopic (exact) mass is 274 g/mol. The molecule has 0 saturated heterocycles. The van der Waals surface area contributed by atoms with Gasteiger partial charge in [-0.25, -0.2) is 0 Å². The average molecular weight is 274 g/mol. The zero-order chi connectivity index (χ0) is 14.4. The summed E-state index contributed by atoms with van der Waals surface area (Å²) in [6.07, 6.45) is 3.52. The SMILES string of the molecule is CCCCOc1ccc(NC(=O)c2cn[nH]c2N)cc1. The molecule has 20 heavy (non-hydrogen) atoms. The number of anilines is 2. The number of nitrogen functional groups attached to an aromatic ring is 1. The molecule has 1 aromatic carbocycles. The highest BCUT2D eigenvalue weighted by Crippen LogP contribution is 2.17. The third kappa shape index (κ3) is 3.50. The molecule has 1 aromatic heterocycles. The lowest BCUT2D eigenvalue weighted by atomic mass is 10.2. The van der Waals surface area contributed by atoms with Gasteiger partial charge in [0.2, 0.25) is 0 Å². The fourth-order valence-corrected chi connectivity index (χ4v) is 1.64. The van der Waals surface area contributed by atoms with E-state index in [9.17, 15) is 4.79 Å². The second-order valence-electron chi connectivity index (χ2n) is 4.38. The normalized spacial score (nSPS) is 10.2. The molecule has 0 aliphatic carbocycles. The Hall–Kier alpha value is -2.50. The molecule has 106 valence electrons. The van der Waals surface area contributed by atoms with Crippen LogP contribution in [0.3, 0.4) is 0 Å². The summed E-state index contributed by atoms with van der Waals surface area (Å²) in [6.45, 7) is 2.82. The maximum Gasteiger partial charge on any atom is 0.261 e. The molecule has 6 heteroatoms. The minimum absolute atomic E-state index is 0.252. The topological polar surface area (TPSA) is 93.0 Å². The number of aromatic amines is 1. The van der Waals surface area contributed by atoms with Gasteiger partial charge in [0.1, 0.15) is 17.1 Å². The number of benzene rings is 1. The molecule has 2 aromatic rings. The van der Waals surface area contributed by atoms with E-state index in [0.29, 0.717) is 17.9 Å². The Balaban J connectivity index is 1.93. The Bertz CT molecular complexity index is 563. The second kappa shape index (κ2) is 6.60. The van der Waals surface area contributed by atoms with Crippen molar-refractivity contribution in [1.82, 2.24) is 10.2 Å². The van der Waals surface area contributed by atoms with Crippen LogP contribution in [-0.2, 0) is 0 Å². The summed E-state index contributed by atoms with van der Waals surface area (Å²) in [4.78, 5) is 11.9. The minimum Gasteiger partial charge on any atom is -0.494 e. The van der Waals surface area contributed by atoms with Crippen LogP contribution in [-0.4, -0.2) is 22.7 Å². The van der Waals surface area contributed by atoms with Crippen LogP contribution >= 0.6 is 0 Å². The Morgan fingerprint density at radius 2 is 2.15 bits per heavy atom. The number of hydrogen-bond donors (Lipinski definition) is 3. The molecule has 1 heterocycles. The van der Waals surface area contributed by atoms with Crippen molar-refractivity contribution in [2.45, 2.75) is 19.8 Å². The van der Waals surface area contributed by atoms with Crippen LogP contribution in [0.15, 0.2) is 30.5 Å². The molecule has 6 nitrogen and oxygen atoms in total. The number of nitrogens with zero attached hydrogens (tertiary/aromatic N) is 1. The Kier molecular flexibility index (Phi) is 4.60. The van der Waals surface area contributed by atoms with E-state index in [2.05, 4.69) is 22.4 Å². The van der Waals surface area contributed by atoms with Crippen molar-refractivity contribution in [3.8, 4) is 5.75 Å². The van der Waals surface area contributed by atoms with Crippen molar-refractivity contribution < 1.29 is 9.53 Å². The maximum atomic E-state index is 11.9. The van der Waals surface area contributed by atoms with Crippen molar-refractivity contribution in [1.29, 1.82) is 0 Å². The zero-order valence-electron chi connectivity index (χ0n) is 11.3. The van der Waals surface area contributed by atoms with Crippen LogP contribution in [0.4, 0.5) is 11.5 Å². The molecule has 1 amide bonds. The first-order valence-electron chi connectivity index (χ1n) is 6.53. The molecule has 0 saturated carbocycles. The van der Waals surface area contributed by atoms with Gasteiger partial charge in [-0.15, -0.1) is 0 Å². The van der Waals surface area contributed by atoms with Gasteiger partial charge in [0.25, 0.3) is 5.91 Å². The quantitative estimate of drug-likeness (QED) is 0.705. The molecular weight excluding hydrogens is 256 g/mol. The lowest BCUT2D eigenvalue weighted by Gasteiger charge is -2.07. The van der Waals surface area contributed by atoms with Crippen LogP contribution in [0.2, 0.25) is 0 Å². The lowest BCUT2D eigenvalue weighted by molar-refractivity contribution is 0.102. The fraction of sp³-hybridized carbons (Fsp3) is 0.286. The summed E-state index contributed by atoms with van der Waals surface area (Å²) in [5.74, 6) is 0.747. The number of H-pyrrole nitrogens is 1. The number of nitrogens with two attached hydrogens (primary N) is 1. The van der Waals surface area contributed by atoms with E-state index in [1.54, 1.807) is 12.1 Å². The highest BCUT2D eigenvalue weighted by Gasteiger charge is 2.11. The van der Waals surface area contributed by atoms with E-state index in [4.69, 9.17) is 10.5 Å². The highest BCUT2D eigenvalue weighted by atomic mass is 16.5. The van der Waals surface area contributed by atoms with E-state index in [0.717, 1.165) is 18.6 Å². The molecule has 0 radical (unpaired) electrons. The average Bonchev–Trinajstić information content (AvgIpc) is 2.87. The number of nitrogens with one attached hydrogen (secondary N) is 2. The first kappa shape index (κ1) is 13.9. The van der Waals surface area contributed by atoms with E-state index in [1.165, 1.54) is 6.20 Å². The van der Waals surface area contributed by atoms with Gasteiger partial charge < -0.3 is 15.8 Å². The largest absolute Gasteiger partial charge is 0.494 e. The minimum atomic E-state index is -0.295. The molecule has 0 bridgehead atoms. The summed E-state index contributed by atoms with van der Waals surface area (Å²) in [5.41, 5.74) is 6.59. The molecule has 4 N–H and O–H groups in total. The molecule has 0 aliphatic heterocycles. The number of rotatable bonds is 6. The van der Waals surface area contributed by atoms with Crippen LogP contribution < -0.4 is 15.8 Å². The van der Waals surface area contributed by atoms with Crippen molar-refractivity contribution >= 4 is 17.4 Å². The second-order valence-corrected chi connectivity index (χ2v) is 4.38. The first-order chi connectivity index (χ1) is 9.70. The molecular formula is C14H18N4O2. The van der Waals surface area contributed by atoms with Gasteiger partial charge in [0.05, 0.1) is 12.8 Å². The zero-order valence-corrected chi connectivity index (χ0v) is 11.3. The Morgan fingerprint density at radius 3 is 2.75 bits per heavy atom. The summed E-state index contributed by atoms with van der Waals surface area (Å²) in [6, 6.07) is 7.22. The Morgan fingerprint density at radius 1 is 1.40 bits per heavy atom. The number of aromatic nitrogens is 2. The van der Waals surface area contributed by atoms with Crippen LogP contribution in [0.1, 0.15) is 30.1 Å². The van der Waals surface area contributed by atoms with Gasteiger partial charge in [-0.2, -0.15) is 5.10 Å². The molecule has 0 fully saturated rings. The van der Waals surface area contributed by atoms with Gasteiger partial charge in [0, 0.05) is 5.69 Å². The van der Waals surface area contributed by atoms with Gasteiger partial charge in [-0.3, -0.25) is 9.89 Å². The van der Waals surface area contributed by atoms with Crippen molar-refractivity contribution in [2.75, 3.05) is 17.7 Å². The fourth-order valence-electron chi connectivity index (χ4n) is 1.64. The predicted molar refractivity (Wildman–Crippen MR) is 77.8 cm³/mol. The first-order valence-corrected chi connectivity index (χ1v) is 6.53. The van der Waals surface area contributed by atoms with Crippen molar-refractivity contribution in [3.63, 3.8) is 0 Å². The summed E-state index contributed by atoms with van der Waals surface area (Å²) in [5, 5.41) is 8.97. The van der Waals surface area contributed by atoms with Crippen molar-refractivity contribution in [2.24, 2.45) is 0 Å². The number of amides is 1. The van der Waals surface area contributed by atoms with E-state index in [1.807, 2.05) is 12.1 Å². The molecule has 0 atom stereocenters. The highest BCUT2D eigenvalue weighted by molar-refractivity contribution is 6.07. The lowest BCUT2D eigenvalue weighted by Crippen LogP contribution is -2.12. The van der Waals surface area contributed by atoms with Gasteiger partial charge >= 0.3 is 0 Å². The standard InChI is InChI=1S/C14H18N4O2/c1-2-3-8-20-11-6-4-10(5-7-11)17-14(19)12-9-16-18-13(12)15/h4-7,9H,2-3,8H2,1H3,(H,17,19)(H3,15,16,18). The smallest absolute Gasteiger partial charge is 0.261 e. The summed E-state index contributed by atoms with van der Waals surface area (Å²) < 4.78 is 5.55. The molecule has 2 rings (SSSR count). The number of carbonyl (C=O) groups is 1. The molecule has 0 spiro atoms. The van der Waals surface area contributed by atoms with Gasteiger partial charge in [0.15, 0.2) is 0 Å². The van der Waals surface area contributed by atoms with E-state index < -0.39 is 0 Å². The summed E-state index contributed by atoms with van der Waals surface area (Å²) >= 11 is 0. The van der Waals surface area contributed by atoms with Crippen LogP contribution in [0.25, 0.3) is 0 Å². The molecule has 0 unspecified atom stereocenters. The third-order valence-electron chi connectivity index (χ3n) is 2.79. The number of ether oxygens (including phenoxy) is 1. The van der Waals surface area contributed by atoms with Crippen LogP contribution in [0.5, 0.6) is 5.75 Å². The van der Waals surface area contributed by atoms with E-state index in [-0.39, 0.29) is 11.7 Å². The predicted octanol–water partition coefficient (Wildman–Crippen LogP) is 2.42. The number of unbranched alkanes of at least 4 members (excludes halogenated alkanes) is 1. The van der Waals surface area contributed by atoms with Crippen molar-refractivity contribution in [3.05, 3.63) is 36.0 Å². The maximum absolute atomic E-state index is 11.9. The molecule has 0 aliphatic rings. The number of carbonyl (C=O) groups excluding carboxylic acids is 1. The number of hydrogen-bond acceptors (Lipinski definition) is 4. The van der Waals surface area contributed by atoms with Gasteiger partial charge in [-0.1, -0.05) is 13.3 Å². The summed E-state index contributed by atoms with van der Waals surface area (Å²) in [7, 11) is 0.